The third-order valence-corrected chi connectivity index (χ3v) is 3.27. The van der Waals surface area contributed by atoms with E-state index in [1.807, 2.05) is 0 Å². The second-order valence-electron chi connectivity index (χ2n) is 3.64. The molecule has 2 rings (SSSR count). The van der Waals surface area contributed by atoms with Crippen LogP contribution in [-0.4, -0.2) is 10.8 Å². The van der Waals surface area contributed by atoms with Crippen LogP contribution in [0.2, 0.25) is 0 Å². The van der Waals surface area contributed by atoms with Gasteiger partial charge in [0.15, 0.2) is 17.4 Å². The van der Waals surface area contributed by atoms with Crippen LogP contribution in [-0.2, 0) is 13.0 Å². The fourth-order valence-corrected chi connectivity index (χ4v) is 2.16. The number of carbonyl (C=O) groups excluding carboxylic acids is 1. The Kier molecular flexibility index (Phi) is 3.78. The summed E-state index contributed by atoms with van der Waals surface area (Å²) in [6, 6.07) is 3.76. The van der Waals surface area contributed by atoms with Gasteiger partial charge in [-0.3, -0.25) is 4.79 Å². The molecule has 2 aromatic rings. The van der Waals surface area contributed by atoms with Crippen molar-refractivity contribution in [2.45, 2.75) is 13.0 Å². The van der Waals surface area contributed by atoms with Crippen molar-refractivity contribution in [2.24, 2.45) is 5.73 Å². The van der Waals surface area contributed by atoms with E-state index >= 15 is 0 Å². The minimum absolute atomic E-state index is 0.0299. The maximum atomic E-state index is 13.4. The van der Waals surface area contributed by atoms with Crippen LogP contribution >= 0.6 is 11.3 Å². The fourth-order valence-electron chi connectivity index (χ4n) is 1.48. The topological polar surface area (TPSA) is 56.0 Å². The van der Waals surface area contributed by atoms with Crippen molar-refractivity contribution < 1.29 is 13.6 Å². The highest BCUT2D eigenvalue weighted by Gasteiger charge is 2.15. The molecule has 0 atom stereocenters. The molecular formula is C12H10F2N2OS. The lowest BCUT2D eigenvalue weighted by Gasteiger charge is -2.01. The largest absolute Gasteiger partial charge is 0.325 e. The van der Waals surface area contributed by atoms with E-state index in [-0.39, 0.29) is 30.0 Å². The van der Waals surface area contributed by atoms with Gasteiger partial charge in [-0.2, -0.15) is 0 Å². The Balaban J connectivity index is 2.18. The Morgan fingerprint density at radius 1 is 1.39 bits per heavy atom. The molecule has 0 aliphatic rings. The van der Waals surface area contributed by atoms with E-state index < -0.39 is 11.6 Å². The van der Waals surface area contributed by atoms with Gasteiger partial charge in [0.2, 0.25) is 0 Å². The maximum absolute atomic E-state index is 13.4. The van der Waals surface area contributed by atoms with E-state index in [1.165, 1.54) is 23.5 Å². The SMILES string of the molecule is NCc1nc(C(=O)Cc2cccc(F)c2F)cs1. The highest BCUT2D eigenvalue weighted by Crippen LogP contribution is 2.16. The van der Waals surface area contributed by atoms with Crippen molar-refractivity contribution in [1.29, 1.82) is 0 Å². The number of nitrogens with zero attached hydrogens (tertiary/aromatic N) is 1. The summed E-state index contributed by atoms with van der Waals surface area (Å²) >= 11 is 1.27. The van der Waals surface area contributed by atoms with Gasteiger partial charge >= 0.3 is 0 Å². The second kappa shape index (κ2) is 5.32. The molecular weight excluding hydrogens is 258 g/mol. The number of rotatable bonds is 4. The minimum atomic E-state index is -0.986. The molecule has 1 heterocycles. The number of carbonyl (C=O) groups is 1. The van der Waals surface area contributed by atoms with Crippen molar-refractivity contribution in [2.75, 3.05) is 0 Å². The molecule has 1 aromatic heterocycles. The number of hydrogen-bond acceptors (Lipinski definition) is 4. The number of nitrogens with two attached hydrogens (primary N) is 1. The number of aromatic nitrogens is 1. The van der Waals surface area contributed by atoms with Gasteiger partial charge in [-0.15, -0.1) is 11.3 Å². The number of thiazole rings is 1. The molecule has 0 aliphatic heterocycles. The van der Waals surface area contributed by atoms with Crippen LogP contribution in [0.5, 0.6) is 0 Å². The van der Waals surface area contributed by atoms with E-state index in [1.54, 1.807) is 5.38 Å². The number of benzene rings is 1. The molecule has 0 spiro atoms. The van der Waals surface area contributed by atoms with Gasteiger partial charge in [-0.05, 0) is 11.6 Å². The van der Waals surface area contributed by atoms with E-state index in [9.17, 15) is 13.6 Å². The van der Waals surface area contributed by atoms with Crippen LogP contribution in [0.4, 0.5) is 8.78 Å². The number of ketones is 1. The highest BCUT2D eigenvalue weighted by molar-refractivity contribution is 7.09. The van der Waals surface area contributed by atoms with Gasteiger partial charge in [-0.25, -0.2) is 13.8 Å². The van der Waals surface area contributed by atoms with Gasteiger partial charge < -0.3 is 5.73 Å². The summed E-state index contributed by atoms with van der Waals surface area (Å²) in [5.41, 5.74) is 5.66. The van der Waals surface area contributed by atoms with Crippen LogP contribution in [0.15, 0.2) is 23.6 Å². The average Bonchev–Trinajstić information content (AvgIpc) is 2.83. The second-order valence-corrected chi connectivity index (χ2v) is 4.59. The van der Waals surface area contributed by atoms with Gasteiger partial charge in [-0.1, -0.05) is 12.1 Å². The maximum Gasteiger partial charge on any atom is 0.186 e. The van der Waals surface area contributed by atoms with Gasteiger partial charge in [0.1, 0.15) is 10.7 Å². The summed E-state index contributed by atoms with van der Waals surface area (Å²) in [4.78, 5) is 15.8. The zero-order chi connectivity index (χ0) is 13.1. The normalized spacial score (nSPS) is 10.6. The molecule has 2 N–H and O–H groups in total. The molecule has 3 nitrogen and oxygen atoms in total. The smallest absolute Gasteiger partial charge is 0.186 e. The summed E-state index contributed by atoms with van der Waals surface area (Å²) in [7, 11) is 0. The average molecular weight is 268 g/mol. The molecule has 0 unspecified atom stereocenters. The highest BCUT2D eigenvalue weighted by atomic mass is 32.1. The first-order valence-corrected chi connectivity index (χ1v) is 6.10. The molecule has 0 fully saturated rings. The lowest BCUT2D eigenvalue weighted by atomic mass is 10.1. The van der Waals surface area contributed by atoms with Crippen LogP contribution in [0.3, 0.4) is 0 Å². The Hall–Kier alpha value is -1.66. The van der Waals surface area contributed by atoms with Crippen molar-refractivity contribution in [3.05, 3.63) is 51.5 Å². The zero-order valence-electron chi connectivity index (χ0n) is 9.32. The third-order valence-electron chi connectivity index (χ3n) is 2.39. The number of halogens is 2. The molecule has 1 aromatic carbocycles. The Morgan fingerprint density at radius 3 is 2.83 bits per heavy atom. The minimum Gasteiger partial charge on any atom is -0.325 e. The predicted molar refractivity (Wildman–Crippen MR) is 64.4 cm³/mol. The van der Waals surface area contributed by atoms with Crippen LogP contribution < -0.4 is 5.73 Å². The predicted octanol–water partition coefficient (Wildman–Crippen LogP) is 2.31. The third kappa shape index (κ3) is 2.60. The van der Waals surface area contributed by atoms with Crippen molar-refractivity contribution >= 4 is 17.1 Å². The molecule has 94 valence electrons. The van der Waals surface area contributed by atoms with E-state index in [2.05, 4.69) is 4.98 Å². The van der Waals surface area contributed by atoms with Crippen LogP contribution in [0.1, 0.15) is 21.1 Å². The summed E-state index contributed by atoms with van der Waals surface area (Å²) < 4.78 is 26.4. The molecule has 6 heteroatoms. The van der Waals surface area contributed by atoms with Gasteiger partial charge in [0.25, 0.3) is 0 Å². The standard InChI is InChI=1S/C12H10F2N2OS/c13-8-3-1-2-7(12(8)14)4-10(17)9-6-18-11(5-15)16-9/h1-3,6H,4-5,15H2. The first kappa shape index (κ1) is 12.8. The Morgan fingerprint density at radius 2 is 2.17 bits per heavy atom. The van der Waals surface area contributed by atoms with Gasteiger partial charge in [0.05, 0.1) is 0 Å². The monoisotopic (exact) mass is 268 g/mol. The number of hydrogen-bond donors (Lipinski definition) is 1. The first-order chi connectivity index (χ1) is 8.61. The molecule has 0 aliphatic carbocycles. The molecule has 0 amide bonds. The van der Waals surface area contributed by atoms with Crippen molar-refractivity contribution in [3.63, 3.8) is 0 Å². The molecule has 0 bridgehead atoms. The van der Waals surface area contributed by atoms with E-state index in [4.69, 9.17) is 5.73 Å². The molecule has 0 saturated carbocycles. The molecule has 0 radical (unpaired) electrons. The lowest BCUT2D eigenvalue weighted by Crippen LogP contribution is -2.07. The van der Waals surface area contributed by atoms with E-state index in [0.29, 0.717) is 5.01 Å². The molecule has 0 saturated heterocycles. The Bertz CT molecular complexity index is 583. The lowest BCUT2D eigenvalue weighted by molar-refractivity contribution is 0.0987. The van der Waals surface area contributed by atoms with Crippen molar-refractivity contribution in [3.8, 4) is 0 Å². The van der Waals surface area contributed by atoms with Crippen LogP contribution in [0.25, 0.3) is 0 Å². The fraction of sp³-hybridized carbons (Fsp3) is 0.167. The summed E-state index contributed by atoms with van der Waals surface area (Å²) in [6.45, 7) is 0.256. The summed E-state index contributed by atoms with van der Waals surface area (Å²) in [5, 5.41) is 2.21. The summed E-state index contributed by atoms with van der Waals surface area (Å²) in [6.07, 6.45) is -0.211. The van der Waals surface area contributed by atoms with Crippen molar-refractivity contribution in [1.82, 2.24) is 4.98 Å². The zero-order valence-corrected chi connectivity index (χ0v) is 10.1. The quantitative estimate of drug-likeness (QED) is 0.866. The first-order valence-electron chi connectivity index (χ1n) is 5.22. The number of Topliss-reactive ketones (excluding diaryl/α,β-unsaturated/α-hetero) is 1. The van der Waals surface area contributed by atoms with Crippen LogP contribution in [0, 0.1) is 11.6 Å². The van der Waals surface area contributed by atoms with Gasteiger partial charge in [0, 0.05) is 18.3 Å². The molecule has 18 heavy (non-hydrogen) atoms. The summed E-state index contributed by atoms with van der Waals surface area (Å²) in [5.74, 6) is -2.29. The Labute approximate surface area is 106 Å². The van der Waals surface area contributed by atoms with E-state index in [0.717, 1.165) is 6.07 Å².